The van der Waals surface area contributed by atoms with E-state index in [4.69, 9.17) is 11.6 Å². The number of carbonyl (C=O) groups is 1. The van der Waals surface area contributed by atoms with Crippen molar-refractivity contribution in [2.45, 2.75) is 32.4 Å². The van der Waals surface area contributed by atoms with Crippen LogP contribution in [0.4, 0.5) is 4.39 Å². The molecule has 3 aromatic carbocycles. The van der Waals surface area contributed by atoms with Gasteiger partial charge in [0.2, 0.25) is 5.91 Å². The summed E-state index contributed by atoms with van der Waals surface area (Å²) in [6.07, 6.45) is 0.785. The van der Waals surface area contributed by atoms with Gasteiger partial charge in [-0.05, 0) is 53.6 Å². The number of hydrogen-bond donors (Lipinski definition) is 0. The largest absolute Gasteiger partial charge is 0.340 e. The minimum absolute atomic E-state index is 0.0905. The zero-order valence-corrected chi connectivity index (χ0v) is 22.2. The summed E-state index contributed by atoms with van der Waals surface area (Å²) in [6.45, 7) is 8.25. The average molecular weight is 520 g/mol. The van der Waals surface area contributed by atoms with Gasteiger partial charge in [-0.1, -0.05) is 72.3 Å². The van der Waals surface area contributed by atoms with Crippen molar-refractivity contribution in [3.8, 4) is 0 Å². The molecule has 1 amide bonds. The Kier molecular flexibility index (Phi) is 8.23. The molecule has 0 saturated carbocycles. The number of piperidine rings is 1. The smallest absolute Gasteiger partial charge is 0.227 e. The number of hydrogen-bond acceptors (Lipinski definition) is 3. The topological polar surface area (TPSA) is 26.8 Å². The average Bonchev–Trinajstić information content (AvgIpc) is 2.92. The number of piperazine rings is 1. The molecule has 2 heterocycles. The second-order valence-electron chi connectivity index (χ2n) is 10.5. The third-order valence-corrected chi connectivity index (χ3v) is 8.18. The van der Waals surface area contributed by atoms with Crippen molar-refractivity contribution < 1.29 is 9.18 Å². The van der Waals surface area contributed by atoms with Crippen LogP contribution in [-0.4, -0.2) is 59.9 Å². The Labute approximate surface area is 224 Å². The van der Waals surface area contributed by atoms with Crippen molar-refractivity contribution in [2.75, 3.05) is 39.3 Å². The monoisotopic (exact) mass is 519 g/mol. The van der Waals surface area contributed by atoms with Crippen LogP contribution in [0.2, 0.25) is 5.02 Å². The van der Waals surface area contributed by atoms with E-state index in [0.717, 1.165) is 61.8 Å². The van der Waals surface area contributed by atoms with E-state index in [1.807, 2.05) is 36.4 Å². The minimum Gasteiger partial charge on any atom is -0.340 e. The van der Waals surface area contributed by atoms with Gasteiger partial charge in [0.15, 0.2) is 0 Å². The second kappa shape index (κ2) is 11.8. The molecule has 0 unspecified atom stereocenters. The fraction of sp³-hybridized carbons (Fsp3) is 0.387. The number of likely N-dealkylation sites (tertiary alicyclic amines) is 1. The van der Waals surface area contributed by atoms with Crippen molar-refractivity contribution in [2.24, 2.45) is 5.92 Å². The predicted molar refractivity (Wildman–Crippen MR) is 147 cm³/mol. The zero-order valence-electron chi connectivity index (χ0n) is 21.5. The lowest BCUT2D eigenvalue weighted by Gasteiger charge is -2.41. The molecule has 2 saturated heterocycles. The quantitative estimate of drug-likeness (QED) is 0.415. The molecule has 5 rings (SSSR count). The Morgan fingerprint density at radius 3 is 2.35 bits per heavy atom. The molecule has 0 spiro atoms. The fourth-order valence-corrected chi connectivity index (χ4v) is 5.95. The van der Waals surface area contributed by atoms with Crippen molar-refractivity contribution in [1.82, 2.24) is 14.7 Å². The summed E-state index contributed by atoms with van der Waals surface area (Å²) in [7, 11) is 0. The minimum atomic E-state index is -0.187. The van der Waals surface area contributed by atoms with E-state index in [2.05, 4.69) is 45.0 Å². The summed E-state index contributed by atoms with van der Waals surface area (Å²) in [4.78, 5) is 20.6. The summed E-state index contributed by atoms with van der Waals surface area (Å²) >= 11 is 6.48. The maximum absolute atomic E-state index is 14.0. The molecule has 194 valence electrons. The van der Waals surface area contributed by atoms with Crippen molar-refractivity contribution >= 4 is 17.5 Å². The van der Waals surface area contributed by atoms with E-state index in [1.165, 1.54) is 5.56 Å². The molecule has 6 heteroatoms. The maximum Gasteiger partial charge on any atom is 0.227 e. The molecule has 4 nitrogen and oxygen atoms in total. The molecular weight excluding hydrogens is 485 g/mol. The first-order valence-corrected chi connectivity index (χ1v) is 13.6. The lowest BCUT2D eigenvalue weighted by molar-refractivity contribution is -0.139. The van der Waals surface area contributed by atoms with E-state index in [9.17, 15) is 9.18 Å². The van der Waals surface area contributed by atoms with Gasteiger partial charge in [0.1, 0.15) is 5.82 Å². The Hall–Kier alpha value is -2.73. The Morgan fingerprint density at radius 1 is 0.892 bits per heavy atom. The third-order valence-electron chi connectivity index (χ3n) is 7.81. The molecule has 2 fully saturated rings. The highest BCUT2D eigenvalue weighted by molar-refractivity contribution is 6.31. The molecule has 2 aliphatic heterocycles. The first-order chi connectivity index (χ1) is 18.0. The van der Waals surface area contributed by atoms with Gasteiger partial charge in [0.25, 0.3) is 0 Å². The molecule has 37 heavy (non-hydrogen) atoms. The van der Waals surface area contributed by atoms with Crippen LogP contribution >= 0.6 is 11.6 Å². The van der Waals surface area contributed by atoms with Crippen LogP contribution in [0.1, 0.15) is 34.6 Å². The number of halogens is 2. The van der Waals surface area contributed by atoms with Crippen LogP contribution in [-0.2, 0) is 17.9 Å². The predicted octanol–water partition coefficient (Wildman–Crippen LogP) is 5.74. The van der Waals surface area contributed by atoms with E-state index < -0.39 is 0 Å². The zero-order chi connectivity index (χ0) is 25.8. The van der Waals surface area contributed by atoms with Gasteiger partial charge in [-0.15, -0.1) is 0 Å². The first kappa shape index (κ1) is 25.9. The first-order valence-electron chi connectivity index (χ1n) is 13.2. The number of carbonyl (C=O) groups excluding carboxylic acids is 1. The maximum atomic E-state index is 14.0. The fourth-order valence-electron chi connectivity index (χ4n) is 5.76. The van der Waals surface area contributed by atoms with Gasteiger partial charge < -0.3 is 4.90 Å². The molecule has 0 N–H and O–H groups in total. The van der Waals surface area contributed by atoms with Gasteiger partial charge >= 0.3 is 0 Å². The normalized spacial score (nSPS) is 21.2. The van der Waals surface area contributed by atoms with E-state index >= 15 is 0 Å². The highest BCUT2D eigenvalue weighted by atomic mass is 35.5. The lowest BCUT2D eigenvalue weighted by Crippen LogP contribution is -2.53. The van der Waals surface area contributed by atoms with Gasteiger partial charge in [-0.25, -0.2) is 4.39 Å². The van der Waals surface area contributed by atoms with Crippen molar-refractivity contribution in [3.05, 3.63) is 106 Å². The highest BCUT2D eigenvalue weighted by Crippen LogP contribution is 2.34. The summed E-state index contributed by atoms with van der Waals surface area (Å²) in [5, 5.41) is 0.750. The Morgan fingerprint density at radius 2 is 1.62 bits per heavy atom. The molecule has 2 atom stereocenters. The van der Waals surface area contributed by atoms with E-state index in [1.54, 1.807) is 13.0 Å². The van der Waals surface area contributed by atoms with Gasteiger partial charge in [-0.3, -0.25) is 14.6 Å². The molecular formula is C31H35ClFN3O. The number of nitrogens with zero attached hydrogens (tertiary/aromatic N) is 3. The standard InChI is InChI=1S/C31H35ClFN3O/c1-23-17-25(11-12-30(23)33)27-18-28(22-35(21-27)20-26-9-5-6-10-29(26)32)31(37)36-15-13-34(14-16-36)19-24-7-3-2-4-8-24/h2-12,17,27-28H,13-16,18-22H2,1H3/t27-,28-/m0/s1. The van der Waals surface area contributed by atoms with Crippen LogP contribution in [0.3, 0.4) is 0 Å². The van der Waals surface area contributed by atoms with E-state index in [-0.39, 0.29) is 23.6 Å². The van der Waals surface area contributed by atoms with Crippen LogP contribution in [0, 0.1) is 18.7 Å². The third kappa shape index (κ3) is 6.40. The number of rotatable bonds is 6. The molecule has 0 aromatic heterocycles. The summed E-state index contributed by atoms with van der Waals surface area (Å²) in [5.41, 5.74) is 4.13. The SMILES string of the molecule is Cc1cc([C@H]2C[C@H](C(=O)N3CCN(Cc4ccccc4)CC3)CN(Cc3ccccc3Cl)C2)ccc1F. The van der Waals surface area contributed by atoms with Gasteiger partial charge in [0.05, 0.1) is 5.92 Å². The van der Waals surface area contributed by atoms with E-state index in [0.29, 0.717) is 18.7 Å². The van der Waals surface area contributed by atoms with Crippen LogP contribution < -0.4 is 0 Å². The van der Waals surface area contributed by atoms with Crippen molar-refractivity contribution in [1.29, 1.82) is 0 Å². The van der Waals surface area contributed by atoms with Crippen LogP contribution in [0.15, 0.2) is 72.8 Å². The Bertz CT molecular complexity index is 1210. The summed E-state index contributed by atoms with van der Waals surface area (Å²) in [5.74, 6) is 0.136. The van der Waals surface area contributed by atoms with Crippen LogP contribution in [0.5, 0.6) is 0 Å². The second-order valence-corrected chi connectivity index (χ2v) is 10.9. The molecule has 3 aromatic rings. The van der Waals surface area contributed by atoms with Gasteiger partial charge in [0, 0.05) is 57.4 Å². The molecule has 0 bridgehead atoms. The molecule has 0 aliphatic carbocycles. The van der Waals surface area contributed by atoms with Crippen molar-refractivity contribution in [3.63, 3.8) is 0 Å². The summed E-state index contributed by atoms with van der Waals surface area (Å²) in [6, 6.07) is 23.8. The van der Waals surface area contributed by atoms with Crippen LogP contribution in [0.25, 0.3) is 0 Å². The van der Waals surface area contributed by atoms with Gasteiger partial charge in [-0.2, -0.15) is 0 Å². The number of amides is 1. The highest BCUT2D eigenvalue weighted by Gasteiger charge is 2.35. The number of benzene rings is 3. The lowest BCUT2D eigenvalue weighted by atomic mass is 9.83. The molecule has 0 radical (unpaired) electrons. The Balaban J connectivity index is 1.28. The molecule has 2 aliphatic rings. The summed E-state index contributed by atoms with van der Waals surface area (Å²) < 4.78 is 14.0. The number of aryl methyl sites for hydroxylation is 1.